The maximum atomic E-state index is 5.15. The number of hydrogen-bond donors (Lipinski definition) is 0. The summed E-state index contributed by atoms with van der Waals surface area (Å²) in [7, 11) is 0. The van der Waals surface area contributed by atoms with Crippen molar-refractivity contribution >= 4 is 82.9 Å². The lowest BCUT2D eigenvalue weighted by Crippen LogP contribution is -2.55. The fourth-order valence-corrected chi connectivity index (χ4v) is 11.7. The highest BCUT2D eigenvalue weighted by Crippen LogP contribution is 2.49. The van der Waals surface area contributed by atoms with Crippen LogP contribution in [0, 0.1) is 6.92 Å². The van der Waals surface area contributed by atoms with Gasteiger partial charge in [0.25, 0.3) is 0 Å². The summed E-state index contributed by atoms with van der Waals surface area (Å²) in [6.45, 7) is 2.29. The van der Waals surface area contributed by atoms with Gasteiger partial charge in [0.1, 0.15) is 0 Å². The monoisotopic (exact) mass is 837 g/mol. The van der Waals surface area contributed by atoms with Crippen molar-refractivity contribution in [2.24, 2.45) is 0 Å². The number of aromatic nitrogens is 5. The zero-order chi connectivity index (χ0) is 43.2. The lowest BCUT2D eigenvalue weighted by atomic mass is 9.45. The molecule has 0 fully saturated rings. The summed E-state index contributed by atoms with van der Waals surface area (Å²) >= 11 is 0. The smallest absolute Gasteiger partial charge is 0.333 e. The molecule has 0 amide bonds. The number of hydrogen-bond acceptors (Lipinski definition) is 3. The van der Waals surface area contributed by atoms with Gasteiger partial charge >= 0.3 is 6.85 Å². The topological polar surface area (TPSA) is 48.5 Å². The van der Waals surface area contributed by atoms with E-state index in [1.807, 2.05) is 36.4 Å². The molecule has 5 nitrogen and oxygen atoms in total. The summed E-state index contributed by atoms with van der Waals surface area (Å²) in [4.78, 5) is 15.3. The van der Waals surface area contributed by atoms with Gasteiger partial charge in [-0.05, 0) is 92.0 Å². The van der Waals surface area contributed by atoms with E-state index in [2.05, 4.69) is 180 Å². The first-order chi connectivity index (χ1) is 32.7. The molecular formula is C60H36BN5. The van der Waals surface area contributed by atoms with E-state index in [1.54, 1.807) is 0 Å². The van der Waals surface area contributed by atoms with E-state index < -0.39 is 0 Å². The molecule has 0 bridgehead atoms. The second-order valence-electron chi connectivity index (χ2n) is 17.9. The first-order valence-electron chi connectivity index (χ1n) is 22.7. The molecule has 0 N–H and O–H groups in total. The summed E-state index contributed by atoms with van der Waals surface area (Å²) in [6.07, 6.45) is 0. The predicted octanol–water partition coefficient (Wildman–Crippen LogP) is 13.3. The molecule has 10 aromatic carbocycles. The molecule has 0 aliphatic carbocycles. The normalized spacial score (nSPS) is 12.6. The van der Waals surface area contributed by atoms with Gasteiger partial charge in [0.15, 0.2) is 17.5 Å². The van der Waals surface area contributed by atoms with Crippen LogP contribution in [0.3, 0.4) is 0 Å². The van der Waals surface area contributed by atoms with E-state index in [0.717, 1.165) is 22.3 Å². The lowest BCUT2D eigenvalue weighted by Gasteiger charge is -2.36. The minimum absolute atomic E-state index is 0.0533. The van der Waals surface area contributed by atoms with Crippen LogP contribution in [0.4, 0.5) is 0 Å². The molecule has 3 aromatic heterocycles. The standard InChI is InChI=1S/C60H36BN5/c1-35-46(39-22-14-23-41(32-39)60-63-58(37-17-4-2-5-18-37)62-59(64-60)38-19-6-3-7-20-38)34-51-55-52(35)47-33-40-21-9-11-25-43(40)54-53-42-24-10-8-16-36(42)30-31-50(53)66(57(47)54)61(55)48-28-15-27-45-44-26-12-13-29-49(44)65(51)56(45)48/h2-34H,1H3. The Morgan fingerprint density at radius 3 is 1.76 bits per heavy atom. The van der Waals surface area contributed by atoms with Gasteiger partial charge in [0, 0.05) is 60.5 Å². The Hall–Kier alpha value is -8.61. The van der Waals surface area contributed by atoms with Crippen LogP contribution in [0.2, 0.25) is 0 Å². The molecule has 0 saturated carbocycles. The Kier molecular flexibility index (Phi) is 7.18. The van der Waals surface area contributed by atoms with E-state index in [4.69, 9.17) is 15.0 Å². The van der Waals surface area contributed by atoms with Crippen molar-refractivity contribution < 1.29 is 0 Å². The van der Waals surface area contributed by atoms with E-state index in [9.17, 15) is 0 Å². The fraction of sp³-hybridized carbons (Fsp3) is 0.0167. The lowest BCUT2D eigenvalue weighted by molar-refractivity contribution is 1.07. The third-order valence-corrected chi connectivity index (χ3v) is 14.5. The molecule has 5 heterocycles. The van der Waals surface area contributed by atoms with Gasteiger partial charge in [-0.2, -0.15) is 0 Å². The number of fused-ring (bicyclic) bond motifs is 14. The van der Waals surface area contributed by atoms with Crippen molar-refractivity contribution in [3.8, 4) is 62.1 Å². The minimum atomic E-state index is -0.0533. The SMILES string of the molecule is Cc1c(-c2cccc(-c3nc(-c4ccccc4)nc(-c4ccccc4)n3)c2)cc2c3c1-c1cc4ccccc4c4c5c6ccccc6ccc5n(c14)B3c1cccc3c4ccccc4n-2c13. The van der Waals surface area contributed by atoms with Crippen molar-refractivity contribution in [3.05, 3.63) is 206 Å². The van der Waals surface area contributed by atoms with Crippen molar-refractivity contribution in [1.82, 2.24) is 24.0 Å². The summed E-state index contributed by atoms with van der Waals surface area (Å²) in [5.41, 5.74) is 17.9. The van der Waals surface area contributed by atoms with Crippen molar-refractivity contribution in [1.29, 1.82) is 0 Å². The quantitative estimate of drug-likeness (QED) is 0.166. The van der Waals surface area contributed by atoms with Crippen LogP contribution in [0.25, 0.3) is 127 Å². The highest BCUT2D eigenvalue weighted by Gasteiger charge is 2.43. The van der Waals surface area contributed by atoms with E-state index in [1.165, 1.54) is 104 Å². The van der Waals surface area contributed by atoms with Gasteiger partial charge in [0.2, 0.25) is 0 Å². The second-order valence-corrected chi connectivity index (χ2v) is 17.9. The molecule has 2 aliphatic heterocycles. The molecule has 13 aromatic rings. The Morgan fingerprint density at radius 1 is 0.409 bits per heavy atom. The zero-order valence-electron chi connectivity index (χ0n) is 35.9. The third-order valence-electron chi connectivity index (χ3n) is 14.5. The Morgan fingerprint density at radius 2 is 1.00 bits per heavy atom. The van der Waals surface area contributed by atoms with Crippen molar-refractivity contribution in [3.63, 3.8) is 0 Å². The van der Waals surface area contributed by atoms with Gasteiger partial charge in [-0.3, -0.25) is 0 Å². The third kappa shape index (κ3) is 4.77. The van der Waals surface area contributed by atoms with Gasteiger partial charge in [-0.1, -0.05) is 170 Å². The molecule has 0 spiro atoms. The first-order valence-corrected chi connectivity index (χ1v) is 22.7. The van der Waals surface area contributed by atoms with Gasteiger partial charge in [-0.25, -0.2) is 15.0 Å². The number of para-hydroxylation sites is 2. The molecular weight excluding hydrogens is 802 g/mol. The molecule has 0 saturated heterocycles. The van der Waals surface area contributed by atoms with Crippen LogP contribution >= 0.6 is 0 Å². The fourth-order valence-electron chi connectivity index (χ4n) is 11.7. The van der Waals surface area contributed by atoms with Crippen molar-refractivity contribution in [2.45, 2.75) is 6.92 Å². The maximum absolute atomic E-state index is 5.15. The number of benzene rings is 10. The van der Waals surface area contributed by atoms with Gasteiger partial charge < -0.3 is 9.05 Å². The van der Waals surface area contributed by atoms with Crippen LogP contribution in [-0.2, 0) is 0 Å². The van der Waals surface area contributed by atoms with E-state index >= 15 is 0 Å². The average Bonchev–Trinajstić information content (AvgIpc) is 3.92. The van der Waals surface area contributed by atoms with Crippen LogP contribution in [0.15, 0.2) is 200 Å². The average molecular weight is 838 g/mol. The summed E-state index contributed by atoms with van der Waals surface area (Å²) in [5, 5.41) is 10.3. The van der Waals surface area contributed by atoms with Crippen LogP contribution in [0.5, 0.6) is 0 Å². The second kappa shape index (κ2) is 13.2. The summed E-state index contributed by atoms with van der Waals surface area (Å²) < 4.78 is 5.27. The van der Waals surface area contributed by atoms with Gasteiger partial charge in [-0.15, -0.1) is 0 Å². The molecule has 15 rings (SSSR count). The Balaban J connectivity index is 1.06. The van der Waals surface area contributed by atoms with Gasteiger partial charge in [0.05, 0.1) is 11.0 Å². The van der Waals surface area contributed by atoms with Crippen LogP contribution < -0.4 is 10.9 Å². The molecule has 6 heteroatoms. The molecule has 304 valence electrons. The molecule has 2 aliphatic rings. The predicted molar refractivity (Wildman–Crippen MR) is 275 cm³/mol. The van der Waals surface area contributed by atoms with E-state index in [0.29, 0.717) is 17.5 Å². The molecule has 66 heavy (non-hydrogen) atoms. The molecule has 0 unspecified atom stereocenters. The summed E-state index contributed by atoms with van der Waals surface area (Å²) in [6, 6.07) is 72.7. The largest absolute Gasteiger partial charge is 0.375 e. The highest BCUT2D eigenvalue weighted by atomic mass is 15.0. The Bertz CT molecular complexity index is 4190. The van der Waals surface area contributed by atoms with Crippen molar-refractivity contribution in [2.75, 3.05) is 0 Å². The highest BCUT2D eigenvalue weighted by molar-refractivity contribution is 6.90. The maximum Gasteiger partial charge on any atom is 0.333 e. The summed E-state index contributed by atoms with van der Waals surface area (Å²) in [5.74, 6) is 1.94. The van der Waals surface area contributed by atoms with Crippen LogP contribution in [0.1, 0.15) is 5.56 Å². The molecule has 0 radical (unpaired) electrons. The number of rotatable bonds is 4. The first kappa shape index (κ1) is 35.8. The number of nitrogens with zero attached hydrogens (tertiary/aromatic N) is 5. The zero-order valence-corrected chi connectivity index (χ0v) is 35.9. The van der Waals surface area contributed by atoms with E-state index in [-0.39, 0.29) is 6.85 Å². The van der Waals surface area contributed by atoms with Crippen LogP contribution in [-0.4, -0.2) is 30.8 Å². The Labute approximate surface area is 380 Å². The molecule has 0 atom stereocenters. The minimum Gasteiger partial charge on any atom is -0.375 e.